The molecular formula is C17H13F3N2O3S2. The maximum atomic E-state index is 12.8. The molecule has 1 amide bonds. The Labute approximate surface area is 159 Å². The van der Waals surface area contributed by atoms with E-state index in [0.717, 1.165) is 39.5 Å². The van der Waals surface area contributed by atoms with Crippen molar-refractivity contribution < 1.29 is 27.5 Å². The molecule has 0 saturated carbocycles. The number of benzene rings is 1. The molecule has 0 aliphatic rings. The van der Waals surface area contributed by atoms with Crippen LogP contribution in [0.3, 0.4) is 0 Å². The van der Waals surface area contributed by atoms with E-state index in [-0.39, 0.29) is 17.3 Å². The van der Waals surface area contributed by atoms with Crippen LogP contribution in [0.5, 0.6) is 0 Å². The van der Waals surface area contributed by atoms with Gasteiger partial charge >= 0.3 is 12.1 Å². The highest BCUT2D eigenvalue weighted by atomic mass is 32.1. The Bertz CT molecular complexity index is 1020. The van der Waals surface area contributed by atoms with Gasteiger partial charge in [-0.15, -0.1) is 11.3 Å². The van der Waals surface area contributed by atoms with E-state index in [9.17, 15) is 22.8 Å². The summed E-state index contributed by atoms with van der Waals surface area (Å²) in [5, 5.41) is 2.75. The van der Waals surface area contributed by atoms with Gasteiger partial charge in [-0.3, -0.25) is 10.1 Å². The number of aromatic nitrogens is 1. The first-order valence-electron chi connectivity index (χ1n) is 7.76. The normalized spacial score (nSPS) is 11.6. The number of ether oxygens (including phenoxy) is 1. The van der Waals surface area contributed by atoms with Crippen molar-refractivity contribution in [3.63, 3.8) is 0 Å². The molecule has 0 aliphatic heterocycles. The molecule has 0 bridgehead atoms. The second kappa shape index (κ2) is 7.28. The number of esters is 1. The Kier molecular flexibility index (Phi) is 5.20. The van der Waals surface area contributed by atoms with Crippen molar-refractivity contribution >= 4 is 49.2 Å². The predicted octanol–water partition coefficient (Wildman–Crippen LogP) is 5.11. The molecule has 0 fully saturated rings. The van der Waals surface area contributed by atoms with Crippen LogP contribution in [0.15, 0.2) is 24.3 Å². The van der Waals surface area contributed by atoms with Gasteiger partial charge in [0.15, 0.2) is 5.13 Å². The molecule has 0 atom stereocenters. The maximum absolute atomic E-state index is 12.8. The predicted molar refractivity (Wildman–Crippen MR) is 97.6 cm³/mol. The fraction of sp³-hybridized carbons (Fsp3) is 0.235. The number of anilines is 1. The Morgan fingerprint density at radius 2 is 2.00 bits per heavy atom. The van der Waals surface area contributed by atoms with Crippen LogP contribution in [-0.2, 0) is 10.9 Å². The third-order valence-corrected chi connectivity index (χ3v) is 5.99. The standard InChI is InChI=1S/C17H13F3N2O3S2/c1-3-25-15(24)12-8(2)11-14(26-12)22-16(27-11)21-13(23)9-5-4-6-10(7-9)17(18,19)20/h4-7H,3H2,1-2H3,(H,21,22,23). The van der Waals surface area contributed by atoms with Crippen LogP contribution in [0.1, 0.15) is 38.1 Å². The van der Waals surface area contributed by atoms with Gasteiger partial charge in [0.2, 0.25) is 0 Å². The number of hydrogen-bond acceptors (Lipinski definition) is 6. The van der Waals surface area contributed by atoms with Gasteiger partial charge in [0, 0.05) is 5.56 Å². The Morgan fingerprint density at radius 1 is 1.26 bits per heavy atom. The summed E-state index contributed by atoms with van der Waals surface area (Å²) in [5.41, 5.74) is -0.317. The molecule has 3 aromatic rings. The van der Waals surface area contributed by atoms with Gasteiger partial charge in [0.1, 0.15) is 9.71 Å². The third-order valence-electron chi connectivity index (χ3n) is 3.61. The van der Waals surface area contributed by atoms with Crippen molar-refractivity contribution in [3.8, 4) is 0 Å². The fourth-order valence-corrected chi connectivity index (χ4v) is 4.55. The van der Waals surface area contributed by atoms with Gasteiger partial charge in [-0.1, -0.05) is 17.4 Å². The molecule has 1 N–H and O–H groups in total. The molecular weight excluding hydrogens is 401 g/mol. The minimum absolute atomic E-state index is 0.118. The molecule has 0 unspecified atom stereocenters. The van der Waals surface area contributed by atoms with Gasteiger partial charge in [0.25, 0.3) is 5.91 Å². The molecule has 0 radical (unpaired) electrons. The lowest BCUT2D eigenvalue weighted by molar-refractivity contribution is -0.137. The van der Waals surface area contributed by atoms with E-state index in [4.69, 9.17) is 4.74 Å². The van der Waals surface area contributed by atoms with Gasteiger partial charge in [-0.25, -0.2) is 9.78 Å². The van der Waals surface area contributed by atoms with Crippen molar-refractivity contribution in [2.45, 2.75) is 20.0 Å². The number of aryl methyl sites for hydroxylation is 1. The number of nitrogens with zero attached hydrogens (tertiary/aromatic N) is 1. The third kappa shape index (κ3) is 3.96. The van der Waals surface area contributed by atoms with E-state index >= 15 is 0 Å². The number of thiazole rings is 1. The van der Waals surface area contributed by atoms with Crippen LogP contribution in [0.2, 0.25) is 0 Å². The fourth-order valence-electron chi connectivity index (χ4n) is 2.34. The average molecular weight is 414 g/mol. The summed E-state index contributed by atoms with van der Waals surface area (Å²) < 4.78 is 44.1. The molecule has 1 aromatic carbocycles. The summed E-state index contributed by atoms with van der Waals surface area (Å²) in [6, 6.07) is 4.16. The first kappa shape index (κ1) is 19.3. The molecule has 2 heterocycles. The van der Waals surface area contributed by atoms with Crippen LogP contribution in [0, 0.1) is 6.92 Å². The lowest BCUT2D eigenvalue weighted by Crippen LogP contribution is -2.13. The zero-order chi connectivity index (χ0) is 19.8. The summed E-state index contributed by atoms with van der Waals surface area (Å²) in [7, 11) is 0. The first-order chi connectivity index (χ1) is 12.7. The largest absolute Gasteiger partial charge is 0.462 e. The van der Waals surface area contributed by atoms with E-state index < -0.39 is 23.6 Å². The summed E-state index contributed by atoms with van der Waals surface area (Å²) in [5.74, 6) is -1.12. The number of thiophene rings is 1. The van der Waals surface area contributed by atoms with Crippen molar-refractivity contribution in [2.24, 2.45) is 0 Å². The van der Waals surface area contributed by atoms with E-state index in [1.54, 1.807) is 13.8 Å². The summed E-state index contributed by atoms with van der Waals surface area (Å²) in [4.78, 5) is 29.4. The number of fused-ring (bicyclic) bond motifs is 1. The van der Waals surface area contributed by atoms with Gasteiger partial charge in [-0.05, 0) is 37.6 Å². The Balaban J connectivity index is 1.83. The van der Waals surface area contributed by atoms with Crippen LogP contribution in [0.25, 0.3) is 9.53 Å². The zero-order valence-corrected chi connectivity index (χ0v) is 15.8. The quantitative estimate of drug-likeness (QED) is 0.602. The van der Waals surface area contributed by atoms with Crippen molar-refractivity contribution in [2.75, 3.05) is 11.9 Å². The van der Waals surface area contributed by atoms with E-state index in [0.29, 0.717) is 15.3 Å². The molecule has 142 valence electrons. The second-order valence-electron chi connectivity index (χ2n) is 5.46. The second-order valence-corrected chi connectivity index (χ2v) is 7.46. The first-order valence-corrected chi connectivity index (χ1v) is 9.39. The molecule has 5 nitrogen and oxygen atoms in total. The minimum atomic E-state index is -4.53. The number of rotatable bonds is 4. The van der Waals surface area contributed by atoms with Gasteiger partial charge < -0.3 is 4.74 Å². The Morgan fingerprint density at radius 3 is 2.63 bits per heavy atom. The number of amides is 1. The molecule has 0 aliphatic carbocycles. The highest BCUT2D eigenvalue weighted by molar-refractivity contribution is 7.30. The monoisotopic (exact) mass is 414 g/mol. The molecule has 3 rings (SSSR count). The van der Waals surface area contributed by atoms with Crippen molar-refractivity contribution in [1.82, 2.24) is 4.98 Å². The highest BCUT2D eigenvalue weighted by Gasteiger charge is 2.31. The highest BCUT2D eigenvalue weighted by Crippen LogP contribution is 2.37. The molecule has 0 spiro atoms. The summed E-state index contributed by atoms with van der Waals surface area (Å²) in [6.07, 6.45) is -4.53. The molecule has 2 aromatic heterocycles. The van der Waals surface area contributed by atoms with Crippen LogP contribution in [-0.4, -0.2) is 23.5 Å². The average Bonchev–Trinajstić information content (AvgIpc) is 3.13. The zero-order valence-electron chi connectivity index (χ0n) is 14.1. The SMILES string of the molecule is CCOC(=O)c1sc2nc(NC(=O)c3cccc(C(F)(F)F)c3)sc2c1C. The number of halogens is 3. The lowest BCUT2D eigenvalue weighted by Gasteiger charge is -2.08. The number of nitrogens with one attached hydrogen (secondary N) is 1. The van der Waals surface area contributed by atoms with E-state index in [2.05, 4.69) is 10.3 Å². The number of carbonyl (C=O) groups is 2. The van der Waals surface area contributed by atoms with Gasteiger partial charge in [0.05, 0.1) is 16.9 Å². The van der Waals surface area contributed by atoms with Crippen molar-refractivity contribution in [1.29, 1.82) is 0 Å². The minimum Gasteiger partial charge on any atom is -0.462 e. The summed E-state index contributed by atoms with van der Waals surface area (Å²) >= 11 is 2.30. The smallest absolute Gasteiger partial charge is 0.416 e. The Hall–Kier alpha value is -2.46. The number of hydrogen-bond donors (Lipinski definition) is 1. The topological polar surface area (TPSA) is 68.3 Å². The molecule has 27 heavy (non-hydrogen) atoms. The van der Waals surface area contributed by atoms with E-state index in [1.165, 1.54) is 12.1 Å². The number of alkyl halides is 3. The number of carbonyl (C=O) groups excluding carboxylic acids is 2. The van der Waals surface area contributed by atoms with E-state index in [1.807, 2.05) is 0 Å². The van der Waals surface area contributed by atoms with Crippen molar-refractivity contribution in [3.05, 3.63) is 45.8 Å². The lowest BCUT2D eigenvalue weighted by atomic mass is 10.1. The molecule has 10 heteroatoms. The maximum Gasteiger partial charge on any atom is 0.416 e. The van der Waals surface area contributed by atoms with Crippen LogP contribution < -0.4 is 5.32 Å². The summed E-state index contributed by atoms with van der Waals surface area (Å²) in [6.45, 7) is 3.72. The van der Waals surface area contributed by atoms with Crippen LogP contribution in [0.4, 0.5) is 18.3 Å². The van der Waals surface area contributed by atoms with Gasteiger partial charge in [-0.2, -0.15) is 13.2 Å². The molecule has 0 saturated heterocycles. The van der Waals surface area contributed by atoms with Crippen LogP contribution >= 0.6 is 22.7 Å².